The van der Waals surface area contributed by atoms with Crippen LogP contribution in [0.1, 0.15) is 0 Å². The van der Waals surface area contributed by atoms with Gasteiger partial charge in [0.05, 0.1) is 25.9 Å². The monoisotopic (exact) mass is 503 g/mol. The summed E-state index contributed by atoms with van der Waals surface area (Å²) < 4.78 is 26.7. The first-order chi connectivity index (χ1) is 16.0. The van der Waals surface area contributed by atoms with Gasteiger partial charge in [-0.25, -0.2) is 0 Å². The second-order valence-electron chi connectivity index (χ2n) is 8.42. The molecule has 0 aromatic heterocycles. The molecule has 3 heterocycles. The van der Waals surface area contributed by atoms with Gasteiger partial charge in [0.25, 0.3) is 0 Å². The van der Waals surface area contributed by atoms with Crippen LogP contribution < -0.4 is 5.73 Å². The third-order valence-electron chi connectivity index (χ3n) is 6.17. The van der Waals surface area contributed by atoms with E-state index in [-0.39, 0.29) is 0 Å². The Morgan fingerprint density at radius 3 is 1.59 bits per heavy atom. The first-order valence-electron chi connectivity index (χ1n) is 10.7. The SMILES string of the molecule is N[C@@H]1[C@@H](O)[C@H](O[C@H]2O[C@H](CO)[C@@H](O)[C@H](O[C@H]3O[C@H](CO)[C@@H](O)[C@H](O)[C@@H]3O)[C@@H]2O)[C@@H](CO)O[C@@H]1O. The minimum absolute atomic E-state index is 0.717. The average Bonchev–Trinajstić information content (AvgIpc) is 2.83. The number of ether oxygens (including phenoxy) is 5. The number of hydrogen-bond donors (Lipinski definition) is 11. The second-order valence-corrected chi connectivity index (χ2v) is 8.42. The van der Waals surface area contributed by atoms with Crippen molar-refractivity contribution in [3.8, 4) is 0 Å². The third-order valence-corrected chi connectivity index (χ3v) is 6.17. The lowest BCUT2D eigenvalue weighted by Crippen LogP contribution is -2.67. The maximum atomic E-state index is 10.8. The van der Waals surface area contributed by atoms with Gasteiger partial charge in [-0.1, -0.05) is 0 Å². The van der Waals surface area contributed by atoms with Crippen molar-refractivity contribution in [3.05, 3.63) is 0 Å². The number of nitrogens with two attached hydrogens (primary N) is 1. The lowest BCUT2D eigenvalue weighted by Gasteiger charge is -2.48. The van der Waals surface area contributed by atoms with E-state index in [1.54, 1.807) is 0 Å². The molecule has 0 unspecified atom stereocenters. The van der Waals surface area contributed by atoms with Crippen molar-refractivity contribution in [2.45, 2.75) is 92.1 Å². The summed E-state index contributed by atoms with van der Waals surface area (Å²) in [5, 5.41) is 99.9. The molecule has 3 aliphatic heterocycles. The molecular weight excluding hydrogens is 470 g/mol. The van der Waals surface area contributed by atoms with E-state index in [1.807, 2.05) is 0 Å². The second kappa shape index (κ2) is 11.6. The van der Waals surface area contributed by atoms with Crippen molar-refractivity contribution in [3.63, 3.8) is 0 Å². The number of aliphatic hydroxyl groups is 10. The van der Waals surface area contributed by atoms with Crippen LogP contribution in [0.4, 0.5) is 0 Å². The van der Waals surface area contributed by atoms with Gasteiger partial charge < -0.3 is 80.5 Å². The standard InChI is InChI=1S/C18H33NO15/c19-7-10(25)14(6(3-22)30-16(7)29)33-18-13(28)15(9(24)5(2-21)32-18)34-17-12(27)11(26)8(23)4(1-20)31-17/h4-18,20-29H,1-3,19H2/t4-,5-,6-,7-,8-,9-,10-,11+,12+,13+,14-,15+,16+,17-,18-/m1/s1. The molecule has 34 heavy (non-hydrogen) atoms. The van der Waals surface area contributed by atoms with Crippen LogP contribution in [0, 0.1) is 0 Å². The minimum Gasteiger partial charge on any atom is -0.394 e. The highest BCUT2D eigenvalue weighted by Crippen LogP contribution is 2.32. The fraction of sp³-hybridized carbons (Fsp3) is 1.00. The Labute approximate surface area is 193 Å². The van der Waals surface area contributed by atoms with Gasteiger partial charge in [0.2, 0.25) is 0 Å². The summed E-state index contributed by atoms with van der Waals surface area (Å²) in [6.07, 6.45) is -22.7. The largest absolute Gasteiger partial charge is 0.394 e. The average molecular weight is 503 g/mol. The van der Waals surface area contributed by atoms with E-state index in [1.165, 1.54) is 0 Å². The lowest BCUT2D eigenvalue weighted by molar-refractivity contribution is -0.374. The smallest absolute Gasteiger partial charge is 0.187 e. The van der Waals surface area contributed by atoms with E-state index in [2.05, 4.69) is 0 Å². The van der Waals surface area contributed by atoms with Crippen LogP contribution in [0.15, 0.2) is 0 Å². The van der Waals surface area contributed by atoms with Crippen LogP contribution in [0.25, 0.3) is 0 Å². The topological polar surface area (TPSA) is 274 Å². The van der Waals surface area contributed by atoms with Crippen molar-refractivity contribution in [1.82, 2.24) is 0 Å². The lowest BCUT2D eigenvalue weighted by atomic mass is 9.95. The van der Waals surface area contributed by atoms with Gasteiger partial charge in [0.15, 0.2) is 18.9 Å². The highest BCUT2D eigenvalue weighted by atomic mass is 16.7. The van der Waals surface area contributed by atoms with E-state index < -0.39 is 112 Å². The quantitative estimate of drug-likeness (QED) is 0.154. The Morgan fingerprint density at radius 2 is 1.03 bits per heavy atom. The fourth-order valence-electron chi connectivity index (χ4n) is 4.09. The molecule has 0 saturated carbocycles. The molecule has 16 heteroatoms. The molecule has 200 valence electrons. The number of aliphatic hydroxyl groups excluding tert-OH is 10. The van der Waals surface area contributed by atoms with Gasteiger partial charge in [-0.15, -0.1) is 0 Å². The Bertz CT molecular complexity index is 642. The van der Waals surface area contributed by atoms with Crippen molar-refractivity contribution >= 4 is 0 Å². The predicted molar refractivity (Wildman–Crippen MR) is 103 cm³/mol. The Kier molecular flexibility index (Phi) is 9.54. The van der Waals surface area contributed by atoms with Crippen LogP contribution in [0.2, 0.25) is 0 Å². The summed E-state index contributed by atoms with van der Waals surface area (Å²) in [5.41, 5.74) is 5.66. The Hall–Kier alpha value is -0.640. The van der Waals surface area contributed by atoms with Gasteiger partial charge in [-0.2, -0.15) is 0 Å². The molecule has 3 fully saturated rings. The molecule has 0 amide bonds. The Balaban J connectivity index is 1.78. The maximum Gasteiger partial charge on any atom is 0.187 e. The van der Waals surface area contributed by atoms with Crippen molar-refractivity contribution in [2.24, 2.45) is 5.73 Å². The number of hydrogen-bond acceptors (Lipinski definition) is 16. The van der Waals surface area contributed by atoms with E-state index >= 15 is 0 Å². The third kappa shape index (κ3) is 5.37. The van der Waals surface area contributed by atoms with Gasteiger partial charge in [-0.3, -0.25) is 0 Å². The summed E-state index contributed by atoms with van der Waals surface area (Å²) in [4.78, 5) is 0. The molecule has 3 rings (SSSR count). The molecule has 0 aliphatic carbocycles. The predicted octanol–water partition coefficient (Wildman–Crippen LogP) is -7.61. The van der Waals surface area contributed by atoms with Crippen LogP contribution in [-0.4, -0.2) is 163 Å². The zero-order valence-electron chi connectivity index (χ0n) is 17.9. The highest BCUT2D eigenvalue weighted by Gasteiger charge is 2.53. The van der Waals surface area contributed by atoms with Crippen molar-refractivity contribution in [1.29, 1.82) is 0 Å². The molecule has 16 nitrogen and oxygen atoms in total. The summed E-state index contributed by atoms with van der Waals surface area (Å²) in [6, 6.07) is -1.34. The summed E-state index contributed by atoms with van der Waals surface area (Å²) in [6.45, 7) is -2.25. The Morgan fingerprint density at radius 1 is 0.529 bits per heavy atom. The van der Waals surface area contributed by atoms with Crippen LogP contribution in [0.3, 0.4) is 0 Å². The zero-order chi connectivity index (χ0) is 25.3. The highest BCUT2D eigenvalue weighted by molar-refractivity contribution is 4.96. The van der Waals surface area contributed by atoms with Crippen molar-refractivity contribution in [2.75, 3.05) is 19.8 Å². The normalized spacial score (nSPS) is 52.5. The van der Waals surface area contributed by atoms with E-state index in [9.17, 15) is 51.1 Å². The van der Waals surface area contributed by atoms with Crippen molar-refractivity contribution < 1.29 is 74.7 Å². The maximum absolute atomic E-state index is 10.8. The van der Waals surface area contributed by atoms with E-state index in [0.29, 0.717) is 0 Å². The minimum atomic E-state index is -1.86. The van der Waals surface area contributed by atoms with Crippen LogP contribution in [-0.2, 0) is 23.7 Å². The molecule has 3 aliphatic rings. The van der Waals surface area contributed by atoms with Gasteiger partial charge in [0, 0.05) is 0 Å². The molecule has 0 radical (unpaired) electrons. The molecule has 12 N–H and O–H groups in total. The van der Waals surface area contributed by atoms with Gasteiger partial charge >= 0.3 is 0 Å². The molecule has 15 atom stereocenters. The molecule has 0 bridgehead atoms. The van der Waals surface area contributed by atoms with Gasteiger partial charge in [0.1, 0.15) is 67.1 Å². The molecule has 3 saturated heterocycles. The molecular formula is C18H33NO15. The molecule has 0 aromatic carbocycles. The van der Waals surface area contributed by atoms with Crippen LogP contribution >= 0.6 is 0 Å². The zero-order valence-corrected chi connectivity index (χ0v) is 17.9. The van der Waals surface area contributed by atoms with E-state index in [4.69, 9.17) is 29.4 Å². The summed E-state index contributed by atoms with van der Waals surface area (Å²) >= 11 is 0. The molecule has 0 aromatic rings. The first-order valence-corrected chi connectivity index (χ1v) is 10.7. The van der Waals surface area contributed by atoms with Crippen LogP contribution in [0.5, 0.6) is 0 Å². The molecule has 0 spiro atoms. The number of rotatable bonds is 7. The first kappa shape index (κ1) is 27.9. The van der Waals surface area contributed by atoms with E-state index in [0.717, 1.165) is 0 Å². The fourth-order valence-corrected chi connectivity index (χ4v) is 4.09. The van der Waals surface area contributed by atoms with Gasteiger partial charge in [-0.05, 0) is 0 Å². The summed E-state index contributed by atoms with van der Waals surface area (Å²) in [7, 11) is 0. The summed E-state index contributed by atoms with van der Waals surface area (Å²) in [5.74, 6) is 0.